The molecule has 0 aliphatic carbocycles. The number of unbranched alkanes of at least 4 members (excludes halogenated alkanes) is 13. The molecular weight excluding hydrogens is 460 g/mol. The number of benzene rings is 1. The van der Waals surface area contributed by atoms with E-state index < -0.39 is 0 Å². The Kier molecular flexibility index (Phi) is 18.3. The summed E-state index contributed by atoms with van der Waals surface area (Å²) in [6, 6.07) is 8.70. The van der Waals surface area contributed by atoms with E-state index in [-0.39, 0.29) is 6.10 Å². The van der Waals surface area contributed by atoms with Crippen LogP contribution in [0.15, 0.2) is 36.7 Å². The van der Waals surface area contributed by atoms with Gasteiger partial charge in [-0.15, -0.1) is 0 Å². The van der Waals surface area contributed by atoms with Crippen LogP contribution < -0.4 is 0 Å². The lowest BCUT2D eigenvalue weighted by molar-refractivity contribution is -0.0451. The molecule has 0 saturated heterocycles. The van der Waals surface area contributed by atoms with Crippen LogP contribution in [0.1, 0.15) is 108 Å². The Labute approximate surface area is 228 Å². The Morgan fingerprint density at radius 1 is 0.703 bits per heavy atom. The third kappa shape index (κ3) is 16.1. The predicted octanol–water partition coefficient (Wildman–Crippen LogP) is 7.89. The van der Waals surface area contributed by atoms with Crippen molar-refractivity contribution in [2.45, 2.75) is 116 Å². The summed E-state index contributed by atoms with van der Waals surface area (Å²) >= 11 is 0. The molecule has 2 rings (SSSR count). The Morgan fingerprint density at radius 3 is 1.78 bits per heavy atom. The van der Waals surface area contributed by atoms with Crippen LogP contribution in [-0.4, -0.2) is 56.6 Å². The molecule has 0 saturated carbocycles. The van der Waals surface area contributed by atoms with Gasteiger partial charge < -0.3 is 24.0 Å². The predicted molar refractivity (Wildman–Crippen MR) is 155 cm³/mol. The molecule has 0 amide bonds. The molecule has 0 aromatic heterocycles. The smallest absolute Gasteiger partial charge is 0.104 e. The SMILES string of the molecule is CCCCCCCCCCCCCCCCOCC(COCc1ccc(CN2C=CN(C)C2)cc1)OC. The first-order valence-corrected chi connectivity index (χ1v) is 15.1. The van der Waals surface area contributed by atoms with Crippen molar-refractivity contribution in [3.63, 3.8) is 0 Å². The molecule has 212 valence electrons. The van der Waals surface area contributed by atoms with Gasteiger partial charge in [-0.05, 0) is 17.5 Å². The summed E-state index contributed by atoms with van der Waals surface area (Å²) in [7, 11) is 3.83. The lowest BCUT2D eigenvalue weighted by Crippen LogP contribution is -2.24. The zero-order valence-corrected chi connectivity index (χ0v) is 24.3. The fourth-order valence-electron chi connectivity index (χ4n) is 4.77. The molecule has 1 atom stereocenters. The van der Waals surface area contributed by atoms with Crippen LogP contribution in [0.25, 0.3) is 0 Å². The van der Waals surface area contributed by atoms with Gasteiger partial charge in [-0.25, -0.2) is 0 Å². The third-order valence-electron chi connectivity index (χ3n) is 7.20. The maximum atomic E-state index is 5.91. The van der Waals surface area contributed by atoms with Crippen molar-refractivity contribution in [1.29, 1.82) is 0 Å². The average Bonchev–Trinajstić information content (AvgIpc) is 3.32. The van der Waals surface area contributed by atoms with Crippen molar-refractivity contribution in [3.05, 3.63) is 47.8 Å². The molecule has 0 radical (unpaired) electrons. The number of ether oxygens (including phenoxy) is 3. The largest absolute Gasteiger partial charge is 0.379 e. The normalized spacial score (nSPS) is 14.1. The molecule has 1 aliphatic rings. The summed E-state index contributed by atoms with van der Waals surface area (Å²) in [5.41, 5.74) is 2.51. The molecular formula is C32H56N2O3. The Morgan fingerprint density at radius 2 is 1.24 bits per heavy atom. The maximum absolute atomic E-state index is 5.91. The molecule has 0 spiro atoms. The quantitative estimate of drug-likeness (QED) is 0.131. The van der Waals surface area contributed by atoms with Crippen molar-refractivity contribution in [1.82, 2.24) is 9.80 Å². The summed E-state index contributed by atoms with van der Waals surface area (Å²) in [5.74, 6) is 0. The van der Waals surface area contributed by atoms with Crippen LogP contribution in [-0.2, 0) is 27.4 Å². The molecule has 5 heteroatoms. The van der Waals surface area contributed by atoms with E-state index in [1.807, 2.05) is 0 Å². The third-order valence-corrected chi connectivity index (χ3v) is 7.20. The van der Waals surface area contributed by atoms with Crippen LogP contribution in [0.4, 0.5) is 0 Å². The number of hydrogen-bond donors (Lipinski definition) is 0. The van der Waals surface area contributed by atoms with E-state index in [1.165, 1.54) is 94.6 Å². The van der Waals surface area contributed by atoms with Gasteiger partial charge in [-0.1, -0.05) is 115 Å². The molecule has 0 N–H and O–H groups in total. The van der Waals surface area contributed by atoms with Crippen LogP contribution in [0.5, 0.6) is 0 Å². The highest BCUT2D eigenvalue weighted by Crippen LogP contribution is 2.14. The minimum absolute atomic E-state index is 0.00939. The maximum Gasteiger partial charge on any atom is 0.104 e. The van der Waals surface area contributed by atoms with Crippen molar-refractivity contribution >= 4 is 0 Å². The van der Waals surface area contributed by atoms with Gasteiger partial charge in [-0.2, -0.15) is 0 Å². The first-order valence-electron chi connectivity index (χ1n) is 15.1. The fraction of sp³-hybridized carbons (Fsp3) is 0.750. The lowest BCUT2D eigenvalue weighted by atomic mass is 10.0. The molecule has 1 aliphatic heterocycles. The fourth-order valence-corrected chi connectivity index (χ4v) is 4.77. The molecule has 1 aromatic carbocycles. The second kappa shape index (κ2) is 21.4. The van der Waals surface area contributed by atoms with E-state index in [0.29, 0.717) is 19.8 Å². The van der Waals surface area contributed by atoms with Gasteiger partial charge in [0.15, 0.2) is 0 Å². The van der Waals surface area contributed by atoms with Crippen molar-refractivity contribution in [3.8, 4) is 0 Å². The van der Waals surface area contributed by atoms with Gasteiger partial charge >= 0.3 is 0 Å². The summed E-state index contributed by atoms with van der Waals surface area (Å²) < 4.78 is 17.3. The monoisotopic (exact) mass is 516 g/mol. The average molecular weight is 517 g/mol. The highest BCUT2D eigenvalue weighted by molar-refractivity contribution is 5.22. The van der Waals surface area contributed by atoms with Gasteiger partial charge in [0, 0.05) is 39.7 Å². The van der Waals surface area contributed by atoms with Gasteiger partial charge in [0.1, 0.15) is 6.10 Å². The van der Waals surface area contributed by atoms with Crippen LogP contribution in [0.3, 0.4) is 0 Å². The summed E-state index contributed by atoms with van der Waals surface area (Å²) in [6.07, 6.45) is 23.6. The second-order valence-electron chi connectivity index (χ2n) is 10.8. The Bertz CT molecular complexity index is 679. The number of hydrogen-bond acceptors (Lipinski definition) is 5. The Balaban J connectivity index is 1.38. The Hall–Kier alpha value is -1.56. The first-order chi connectivity index (χ1) is 18.2. The minimum Gasteiger partial charge on any atom is -0.379 e. The molecule has 37 heavy (non-hydrogen) atoms. The standard InChI is InChI=1S/C32H56N2O3/c1-4-5-6-7-8-9-10-11-12-13-14-15-16-17-24-36-27-32(35-3)28-37-26-31-20-18-30(19-21-31)25-34-23-22-33(2)29-34/h18-23,32H,4-17,24-29H2,1-3H3. The summed E-state index contributed by atoms with van der Waals surface area (Å²) in [4.78, 5) is 4.48. The first kappa shape index (κ1) is 31.7. The van der Waals surface area contributed by atoms with Crippen LogP contribution >= 0.6 is 0 Å². The molecule has 5 nitrogen and oxygen atoms in total. The van der Waals surface area contributed by atoms with E-state index in [4.69, 9.17) is 14.2 Å². The summed E-state index contributed by atoms with van der Waals surface area (Å²) in [6.45, 7) is 6.76. The highest BCUT2D eigenvalue weighted by atomic mass is 16.6. The van der Waals surface area contributed by atoms with E-state index in [0.717, 1.165) is 26.2 Å². The topological polar surface area (TPSA) is 34.2 Å². The zero-order chi connectivity index (χ0) is 26.4. The van der Waals surface area contributed by atoms with Crippen molar-refractivity contribution < 1.29 is 14.2 Å². The van der Waals surface area contributed by atoms with Gasteiger partial charge in [-0.3, -0.25) is 0 Å². The lowest BCUT2D eigenvalue weighted by Gasteiger charge is -2.18. The number of nitrogens with zero attached hydrogens (tertiary/aromatic N) is 2. The minimum atomic E-state index is -0.00939. The van der Waals surface area contributed by atoms with E-state index in [2.05, 4.69) is 60.4 Å². The summed E-state index contributed by atoms with van der Waals surface area (Å²) in [5, 5.41) is 0. The molecule has 1 aromatic rings. The van der Waals surface area contributed by atoms with Crippen molar-refractivity contribution in [2.75, 3.05) is 40.6 Å². The molecule has 1 heterocycles. The van der Waals surface area contributed by atoms with Crippen molar-refractivity contribution in [2.24, 2.45) is 0 Å². The van der Waals surface area contributed by atoms with E-state index in [9.17, 15) is 0 Å². The van der Waals surface area contributed by atoms with Crippen LogP contribution in [0.2, 0.25) is 0 Å². The highest BCUT2D eigenvalue weighted by Gasteiger charge is 2.10. The van der Waals surface area contributed by atoms with Crippen LogP contribution in [0, 0.1) is 0 Å². The van der Waals surface area contributed by atoms with Gasteiger partial charge in [0.2, 0.25) is 0 Å². The second-order valence-corrected chi connectivity index (χ2v) is 10.8. The zero-order valence-electron chi connectivity index (χ0n) is 24.3. The number of methoxy groups -OCH3 is 1. The number of rotatable bonds is 24. The van der Waals surface area contributed by atoms with E-state index >= 15 is 0 Å². The van der Waals surface area contributed by atoms with E-state index in [1.54, 1.807) is 7.11 Å². The van der Waals surface area contributed by atoms with Gasteiger partial charge in [0.25, 0.3) is 0 Å². The molecule has 1 unspecified atom stereocenters. The molecule has 0 bridgehead atoms. The van der Waals surface area contributed by atoms with Gasteiger partial charge in [0.05, 0.1) is 26.5 Å². The molecule has 0 fully saturated rings.